The van der Waals surface area contributed by atoms with E-state index >= 15 is 0 Å². The van der Waals surface area contributed by atoms with Crippen LogP contribution in [0.25, 0.3) is 0 Å². The maximum atomic E-state index is 4.76. The molecule has 0 saturated heterocycles. The first-order valence-electron chi connectivity index (χ1n) is 7.11. The van der Waals surface area contributed by atoms with Gasteiger partial charge in [-0.25, -0.2) is 9.97 Å². The summed E-state index contributed by atoms with van der Waals surface area (Å²) < 4.78 is 0.954. The molecule has 112 valence electrons. The molecule has 2 aromatic heterocycles. The molecule has 21 heavy (non-hydrogen) atoms. The first-order chi connectivity index (χ1) is 9.91. The number of hydrogen-bond acceptors (Lipinski definition) is 4. The number of rotatable bonds is 4. The van der Waals surface area contributed by atoms with Gasteiger partial charge < -0.3 is 5.32 Å². The van der Waals surface area contributed by atoms with E-state index in [1.807, 2.05) is 12.1 Å². The molecular weight excluding hydrogens is 328 g/mol. The average Bonchev–Trinajstić information content (AvgIpc) is 2.42. The summed E-state index contributed by atoms with van der Waals surface area (Å²) in [5.74, 6) is 1.69. The Bertz CT molecular complexity index is 606. The fourth-order valence-electron chi connectivity index (χ4n) is 2.04. The number of hydrogen-bond donors (Lipinski definition) is 1. The van der Waals surface area contributed by atoms with E-state index in [1.165, 1.54) is 0 Å². The average molecular weight is 349 g/mol. The maximum absolute atomic E-state index is 4.76. The van der Waals surface area contributed by atoms with Crippen LogP contribution in [0.4, 0.5) is 5.82 Å². The lowest BCUT2D eigenvalue weighted by atomic mass is 9.91. The Morgan fingerprint density at radius 1 is 1.14 bits per heavy atom. The van der Waals surface area contributed by atoms with Crippen molar-refractivity contribution in [1.29, 1.82) is 0 Å². The standard InChI is InChI=1S/C16H21BrN4/c1-5-19-15-13(17)14(16(2,3)4)20-12(21-15)10-11-6-8-18-9-7-11/h6-9H,5,10H2,1-4H3,(H,19,20,21). The second kappa shape index (κ2) is 6.52. The molecule has 4 nitrogen and oxygen atoms in total. The Hall–Kier alpha value is -1.49. The smallest absolute Gasteiger partial charge is 0.144 e. The van der Waals surface area contributed by atoms with Gasteiger partial charge in [0.05, 0.1) is 10.2 Å². The molecule has 0 fully saturated rings. The molecule has 2 aromatic rings. The van der Waals surface area contributed by atoms with E-state index in [0.29, 0.717) is 6.42 Å². The van der Waals surface area contributed by atoms with Gasteiger partial charge in [-0.15, -0.1) is 0 Å². The zero-order valence-electron chi connectivity index (χ0n) is 12.9. The Kier molecular flexibility index (Phi) is 4.93. The van der Waals surface area contributed by atoms with Gasteiger partial charge in [0.2, 0.25) is 0 Å². The lowest BCUT2D eigenvalue weighted by Gasteiger charge is -2.22. The van der Waals surface area contributed by atoms with Crippen LogP contribution in [0.2, 0.25) is 0 Å². The Labute approximate surface area is 134 Å². The van der Waals surface area contributed by atoms with E-state index in [0.717, 1.165) is 33.9 Å². The molecule has 0 aliphatic heterocycles. The zero-order chi connectivity index (χ0) is 15.5. The summed E-state index contributed by atoms with van der Waals surface area (Å²) >= 11 is 3.64. The Balaban J connectivity index is 2.44. The molecule has 0 atom stereocenters. The van der Waals surface area contributed by atoms with Crippen LogP contribution in [0.1, 0.15) is 44.8 Å². The van der Waals surface area contributed by atoms with Crippen molar-refractivity contribution in [1.82, 2.24) is 15.0 Å². The lowest BCUT2D eigenvalue weighted by molar-refractivity contribution is 0.559. The fourth-order valence-corrected chi connectivity index (χ4v) is 2.95. The minimum Gasteiger partial charge on any atom is -0.369 e. The Morgan fingerprint density at radius 2 is 1.81 bits per heavy atom. The number of halogens is 1. The van der Waals surface area contributed by atoms with Crippen LogP contribution in [0.15, 0.2) is 29.0 Å². The van der Waals surface area contributed by atoms with Crippen molar-refractivity contribution >= 4 is 21.7 Å². The van der Waals surface area contributed by atoms with Crippen LogP contribution in [0.5, 0.6) is 0 Å². The van der Waals surface area contributed by atoms with Crippen LogP contribution in [-0.2, 0) is 11.8 Å². The first-order valence-corrected chi connectivity index (χ1v) is 7.90. The third-order valence-corrected chi connectivity index (χ3v) is 3.81. The summed E-state index contributed by atoms with van der Waals surface area (Å²) in [7, 11) is 0. The molecule has 1 N–H and O–H groups in total. The first kappa shape index (κ1) is 15.9. The highest BCUT2D eigenvalue weighted by atomic mass is 79.9. The van der Waals surface area contributed by atoms with Gasteiger partial charge in [0, 0.05) is 30.8 Å². The molecule has 0 radical (unpaired) electrons. The maximum Gasteiger partial charge on any atom is 0.144 e. The van der Waals surface area contributed by atoms with Crippen LogP contribution >= 0.6 is 15.9 Å². The van der Waals surface area contributed by atoms with Gasteiger partial charge in [0.25, 0.3) is 0 Å². The van der Waals surface area contributed by atoms with Crippen molar-refractivity contribution in [3.63, 3.8) is 0 Å². The molecule has 0 bridgehead atoms. The summed E-state index contributed by atoms with van der Waals surface area (Å²) in [6, 6.07) is 3.99. The minimum absolute atomic E-state index is 0.0427. The molecule has 0 aliphatic rings. The SMILES string of the molecule is CCNc1nc(Cc2ccncc2)nc(C(C)(C)C)c1Br. The molecule has 0 amide bonds. The molecular formula is C16H21BrN4. The summed E-state index contributed by atoms with van der Waals surface area (Å²) in [4.78, 5) is 13.4. The second-order valence-corrected chi connectivity index (χ2v) is 6.76. The molecule has 0 aromatic carbocycles. The van der Waals surface area contributed by atoms with E-state index in [4.69, 9.17) is 4.98 Å². The van der Waals surface area contributed by atoms with E-state index in [1.54, 1.807) is 12.4 Å². The van der Waals surface area contributed by atoms with Crippen molar-refractivity contribution in [3.05, 3.63) is 46.1 Å². The largest absolute Gasteiger partial charge is 0.369 e. The van der Waals surface area contributed by atoms with Gasteiger partial charge >= 0.3 is 0 Å². The quantitative estimate of drug-likeness (QED) is 0.908. The zero-order valence-corrected chi connectivity index (χ0v) is 14.5. The van der Waals surface area contributed by atoms with Crippen molar-refractivity contribution in [2.45, 2.75) is 39.5 Å². The molecule has 2 heterocycles. The van der Waals surface area contributed by atoms with Crippen LogP contribution < -0.4 is 5.32 Å². The number of pyridine rings is 1. The molecule has 2 rings (SSSR count). The van der Waals surface area contributed by atoms with E-state index < -0.39 is 0 Å². The number of aromatic nitrogens is 3. The molecule has 5 heteroatoms. The van der Waals surface area contributed by atoms with Crippen LogP contribution in [0, 0.1) is 0 Å². The van der Waals surface area contributed by atoms with Gasteiger partial charge in [-0.1, -0.05) is 20.8 Å². The second-order valence-electron chi connectivity index (χ2n) is 5.96. The predicted octanol–water partition coefficient (Wildman–Crippen LogP) is 3.95. The minimum atomic E-state index is -0.0427. The highest BCUT2D eigenvalue weighted by molar-refractivity contribution is 9.10. The van der Waals surface area contributed by atoms with Crippen molar-refractivity contribution in [2.75, 3.05) is 11.9 Å². The van der Waals surface area contributed by atoms with Crippen molar-refractivity contribution in [2.24, 2.45) is 0 Å². The van der Waals surface area contributed by atoms with Gasteiger partial charge in [0.15, 0.2) is 0 Å². The van der Waals surface area contributed by atoms with Gasteiger partial charge in [0.1, 0.15) is 11.6 Å². The topological polar surface area (TPSA) is 50.7 Å². The number of anilines is 1. The highest BCUT2D eigenvalue weighted by Crippen LogP contribution is 2.32. The third kappa shape index (κ3) is 4.00. The van der Waals surface area contributed by atoms with Crippen molar-refractivity contribution in [3.8, 4) is 0 Å². The van der Waals surface area contributed by atoms with Gasteiger partial charge in [-0.3, -0.25) is 4.98 Å². The third-order valence-electron chi connectivity index (χ3n) is 3.06. The summed E-state index contributed by atoms with van der Waals surface area (Å²) in [6.45, 7) is 9.37. The van der Waals surface area contributed by atoms with Gasteiger partial charge in [-0.2, -0.15) is 0 Å². The highest BCUT2D eigenvalue weighted by Gasteiger charge is 2.23. The normalized spacial score (nSPS) is 11.5. The predicted molar refractivity (Wildman–Crippen MR) is 89.6 cm³/mol. The summed E-state index contributed by atoms with van der Waals surface area (Å²) in [5, 5.41) is 3.30. The fraction of sp³-hybridized carbons (Fsp3) is 0.438. The summed E-state index contributed by atoms with van der Waals surface area (Å²) in [6.07, 6.45) is 4.30. The van der Waals surface area contributed by atoms with E-state index in [9.17, 15) is 0 Å². The molecule has 0 saturated carbocycles. The molecule has 0 unspecified atom stereocenters. The summed E-state index contributed by atoms with van der Waals surface area (Å²) in [5.41, 5.74) is 2.14. The monoisotopic (exact) mass is 348 g/mol. The van der Waals surface area contributed by atoms with Crippen molar-refractivity contribution < 1.29 is 0 Å². The van der Waals surface area contributed by atoms with Crippen LogP contribution in [0.3, 0.4) is 0 Å². The lowest BCUT2D eigenvalue weighted by Crippen LogP contribution is -2.18. The van der Waals surface area contributed by atoms with Crippen LogP contribution in [-0.4, -0.2) is 21.5 Å². The molecule has 0 aliphatic carbocycles. The number of nitrogens with zero attached hydrogens (tertiary/aromatic N) is 3. The van der Waals surface area contributed by atoms with E-state index in [2.05, 4.69) is 58.9 Å². The van der Waals surface area contributed by atoms with E-state index in [-0.39, 0.29) is 5.41 Å². The Morgan fingerprint density at radius 3 is 2.38 bits per heavy atom. The molecule has 0 spiro atoms. The van der Waals surface area contributed by atoms with Gasteiger partial charge in [-0.05, 0) is 40.5 Å². The number of nitrogens with one attached hydrogen (secondary N) is 1.